The number of unbranched alkanes of at least 4 members (excludes halogenated alkanes) is 13. The van der Waals surface area contributed by atoms with Crippen molar-refractivity contribution in [2.75, 3.05) is 18.5 Å². The number of ether oxygens (including phenoxy) is 1. The van der Waals surface area contributed by atoms with Gasteiger partial charge in [-0.2, -0.15) is 0 Å². The van der Waals surface area contributed by atoms with Gasteiger partial charge in [-0.05, 0) is 31.0 Å². The molecule has 0 unspecified atom stereocenters. The minimum atomic E-state index is -0.157. The first-order valence-corrected chi connectivity index (χ1v) is 12.2. The molecule has 3 heteroatoms. The summed E-state index contributed by atoms with van der Waals surface area (Å²) in [6.45, 7) is 5.58. The van der Waals surface area contributed by atoms with Crippen molar-refractivity contribution in [2.24, 2.45) is 0 Å². The van der Waals surface area contributed by atoms with E-state index in [4.69, 9.17) is 4.74 Å². The maximum absolute atomic E-state index is 11.5. The number of hydrogen-bond donors (Lipinski definition) is 1. The minimum Gasteiger partial charge on any atom is -0.466 e. The van der Waals surface area contributed by atoms with Crippen molar-refractivity contribution in [3.05, 3.63) is 29.8 Å². The Labute approximate surface area is 180 Å². The van der Waals surface area contributed by atoms with E-state index in [1.54, 1.807) is 0 Å². The van der Waals surface area contributed by atoms with Gasteiger partial charge in [-0.25, -0.2) is 0 Å². The fourth-order valence-corrected chi connectivity index (χ4v) is 3.67. The Balaban J connectivity index is 1.89. The maximum atomic E-state index is 11.5. The summed E-state index contributed by atoms with van der Waals surface area (Å²) in [5.41, 5.74) is 2.14. The van der Waals surface area contributed by atoms with Crippen LogP contribution in [0.15, 0.2) is 24.3 Å². The van der Waals surface area contributed by atoms with Gasteiger partial charge < -0.3 is 10.1 Å². The van der Waals surface area contributed by atoms with Crippen LogP contribution in [-0.2, 0) is 16.0 Å². The van der Waals surface area contributed by atoms with Crippen LogP contribution in [0.2, 0.25) is 0 Å². The molecule has 0 spiro atoms. The van der Waals surface area contributed by atoms with E-state index in [1.807, 2.05) is 19.1 Å². The van der Waals surface area contributed by atoms with Gasteiger partial charge in [0, 0.05) is 12.2 Å². The molecule has 1 aromatic carbocycles. The first-order chi connectivity index (χ1) is 14.3. The van der Waals surface area contributed by atoms with E-state index < -0.39 is 0 Å². The third-order valence-corrected chi connectivity index (χ3v) is 5.47. The lowest BCUT2D eigenvalue weighted by Gasteiger charge is -2.08. The minimum absolute atomic E-state index is 0.157. The molecule has 0 saturated carbocycles. The fourth-order valence-electron chi connectivity index (χ4n) is 3.67. The number of carbonyl (C=O) groups excluding carboxylic acids is 1. The maximum Gasteiger partial charge on any atom is 0.310 e. The molecule has 0 aromatic heterocycles. The molecule has 0 aliphatic rings. The van der Waals surface area contributed by atoms with E-state index in [-0.39, 0.29) is 5.97 Å². The Morgan fingerprint density at radius 3 is 1.69 bits per heavy atom. The monoisotopic (exact) mass is 403 g/mol. The van der Waals surface area contributed by atoms with Crippen molar-refractivity contribution >= 4 is 11.7 Å². The normalized spacial score (nSPS) is 10.8. The van der Waals surface area contributed by atoms with Crippen molar-refractivity contribution in [1.29, 1.82) is 0 Å². The van der Waals surface area contributed by atoms with E-state index in [0.29, 0.717) is 13.0 Å². The number of rotatable bonds is 19. The fraction of sp³-hybridized carbons (Fsp3) is 0.731. The van der Waals surface area contributed by atoms with Crippen molar-refractivity contribution < 1.29 is 9.53 Å². The summed E-state index contributed by atoms with van der Waals surface area (Å²) in [6, 6.07) is 8.12. The second kappa shape index (κ2) is 18.5. The van der Waals surface area contributed by atoms with Crippen molar-refractivity contribution in [2.45, 2.75) is 110 Å². The summed E-state index contributed by atoms with van der Waals surface area (Å²) in [5, 5.41) is 3.48. The number of nitrogens with one attached hydrogen (secondary N) is 1. The van der Waals surface area contributed by atoms with Gasteiger partial charge >= 0.3 is 5.97 Å². The number of esters is 1. The van der Waals surface area contributed by atoms with Crippen LogP contribution in [0, 0.1) is 0 Å². The predicted molar refractivity (Wildman–Crippen MR) is 126 cm³/mol. The highest BCUT2D eigenvalue weighted by molar-refractivity contribution is 5.72. The van der Waals surface area contributed by atoms with Gasteiger partial charge in [0.25, 0.3) is 0 Å². The standard InChI is InChI=1S/C26H45NO2/c1-3-5-6-7-8-9-10-11-12-13-14-15-16-17-22-27-25-20-18-24(19-21-25)23-26(28)29-4-2/h18-21,27H,3-17,22-23H2,1-2H3. The molecule has 0 heterocycles. The lowest BCUT2D eigenvalue weighted by molar-refractivity contribution is -0.142. The third-order valence-electron chi connectivity index (χ3n) is 5.47. The summed E-state index contributed by atoms with van der Waals surface area (Å²) >= 11 is 0. The van der Waals surface area contributed by atoms with E-state index >= 15 is 0 Å². The predicted octanol–water partition coefficient (Wildman–Crippen LogP) is 7.69. The molecule has 1 aromatic rings. The first-order valence-electron chi connectivity index (χ1n) is 12.2. The van der Waals surface area contributed by atoms with Gasteiger partial charge in [0.2, 0.25) is 0 Å². The Bertz CT molecular complexity index is 498. The van der Waals surface area contributed by atoms with Crippen LogP contribution in [0.5, 0.6) is 0 Å². The van der Waals surface area contributed by atoms with Crippen LogP contribution in [0.1, 0.15) is 109 Å². The zero-order valence-corrected chi connectivity index (χ0v) is 19.1. The molecule has 0 atom stereocenters. The SMILES string of the molecule is CCCCCCCCCCCCCCCCNc1ccc(CC(=O)OCC)cc1. The summed E-state index contributed by atoms with van der Waals surface area (Å²) < 4.78 is 4.98. The first kappa shape index (κ1) is 25.5. The molecule has 3 nitrogen and oxygen atoms in total. The Kier molecular flexibility index (Phi) is 16.3. The molecular formula is C26H45NO2. The van der Waals surface area contributed by atoms with Crippen LogP contribution in [0.3, 0.4) is 0 Å². The van der Waals surface area contributed by atoms with Gasteiger partial charge in [-0.3, -0.25) is 4.79 Å². The topological polar surface area (TPSA) is 38.3 Å². The van der Waals surface area contributed by atoms with Crippen LogP contribution in [0.25, 0.3) is 0 Å². The lowest BCUT2D eigenvalue weighted by atomic mass is 10.0. The van der Waals surface area contributed by atoms with Crippen molar-refractivity contribution in [3.63, 3.8) is 0 Å². The van der Waals surface area contributed by atoms with Gasteiger partial charge in [0.1, 0.15) is 0 Å². The number of carbonyl (C=O) groups is 1. The second-order valence-corrected chi connectivity index (χ2v) is 8.20. The van der Waals surface area contributed by atoms with Gasteiger partial charge in [-0.15, -0.1) is 0 Å². The average molecular weight is 404 g/mol. The highest BCUT2D eigenvalue weighted by Gasteiger charge is 2.03. The third kappa shape index (κ3) is 15.1. The van der Waals surface area contributed by atoms with Crippen LogP contribution in [-0.4, -0.2) is 19.1 Å². The van der Waals surface area contributed by atoms with Gasteiger partial charge in [0.15, 0.2) is 0 Å². The molecule has 0 radical (unpaired) electrons. The molecule has 0 amide bonds. The molecule has 0 bridgehead atoms. The zero-order chi connectivity index (χ0) is 21.0. The summed E-state index contributed by atoms with van der Waals surface area (Å²) in [7, 11) is 0. The Hall–Kier alpha value is -1.51. The molecule has 166 valence electrons. The number of hydrogen-bond acceptors (Lipinski definition) is 3. The molecular weight excluding hydrogens is 358 g/mol. The molecule has 1 N–H and O–H groups in total. The zero-order valence-electron chi connectivity index (χ0n) is 19.1. The van der Waals surface area contributed by atoms with Crippen LogP contribution >= 0.6 is 0 Å². The lowest BCUT2D eigenvalue weighted by Crippen LogP contribution is -2.07. The van der Waals surface area contributed by atoms with E-state index in [9.17, 15) is 4.79 Å². The summed E-state index contributed by atoms with van der Waals surface area (Å²) in [5.74, 6) is -0.157. The van der Waals surface area contributed by atoms with Crippen molar-refractivity contribution in [1.82, 2.24) is 0 Å². The van der Waals surface area contributed by atoms with E-state index in [1.165, 1.54) is 89.9 Å². The molecule has 29 heavy (non-hydrogen) atoms. The Morgan fingerprint density at radius 2 is 1.21 bits per heavy atom. The van der Waals surface area contributed by atoms with Gasteiger partial charge in [-0.1, -0.05) is 103 Å². The second-order valence-electron chi connectivity index (χ2n) is 8.20. The highest BCUT2D eigenvalue weighted by atomic mass is 16.5. The molecule has 0 aliphatic carbocycles. The smallest absolute Gasteiger partial charge is 0.310 e. The van der Waals surface area contributed by atoms with E-state index in [2.05, 4.69) is 24.4 Å². The van der Waals surface area contributed by atoms with Crippen LogP contribution in [0.4, 0.5) is 5.69 Å². The Morgan fingerprint density at radius 1 is 0.724 bits per heavy atom. The van der Waals surface area contributed by atoms with Gasteiger partial charge in [0.05, 0.1) is 13.0 Å². The number of anilines is 1. The van der Waals surface area contributed by atoms with Crippen LogP contribution < -0.4 is 5.32 Å². The van der Waals surface area contributed by atoms with Crippen molar-refractivity contribution in [3.8, 4) is 0 Å². The molecule has 0 aliphatic heterocycles. The molecule has 0 saturated heterocycles. The molecule has 0 fully saturated rings. The average Bonchev–Trinajstić information content (AvgIpc) is 2.72. The number of benzene rings is 1. The summed E-state index contributed by atoms with van der Waals surface area (Å²) in [6.07, 6.45) is 19.9. The highest BCUT2D eigenvalue weighted by Crippen LogP contribution is 2.14. The van der Waals surface area contributed by atoms with E-state index in [0.717, 1.165) is 17.8 Å². The largest absolute Gasteiger partial charge is 0.466 e. The quantitative estimate of drug-likeness (QED) is 0.190. The summed E-state index contributed by atoms with van der Waals surface area (Å²) in [4.78, 5) is 11.5. The molecule has 1 rings (SSSR count).